The summed E-state index contributed by atoms with van der Waals surface area (Å²) < 4.78 is 0. The van der Waals surface area contributed by atoms with Crippen LogP contribution in [0.15, 0.2) is 18.2 Å². The summed E-state index contributed by atoms with van der Waals surface area (Å²) in [6.45, 7) is 5.48. The molecular formula is C13H15N5. The maximum Gasteiger partial charge on any atom is 0.246 e. The summed E-state index contributed by atoms with van der Waals surface area (Å²) in [5.41, 5.74) is 10.9. The highest BCUT2D eigenvalue weighted by Gasteiger charge is 2.21. The molecule has 3 rings (SSSR count). The monoisotopic (exact) mass is 241 g/mol. The van der Waals surface area contributed by atoms with Crippen LogP contribution in [0.3, 0.4) is 0 Å². The van der Waals surface area contributed by atoms with E-state index in [1.54, 1.807) is 0 Å². The molecule has 2 heterocycles. The predicted octanol–water partition coefficient (Wildman–Crippen LogP) is 1.59. The number of anilines is 2. The molecule has 0 radical (unpaired) electrons. The van der Waals surface area contributed by atoms with E-state index in [1.807, 2.05) is 26.0 Å². The van der Waals surface area contributed by atoms with Crippen LogP contribution in [-0.2, 0) is 13.1 Å². The molecule has 18 heavy (non-hydrogen) atoms. The summed E-state index contributed by atoms with van der Waals surface area (Å²) in [5, 5.41) is 8.28. The van der Waals surface area contributed by atoms with Gasteiger partial charge in [-0.15, -0.1) is 5.10 Å². The van der Waals surface area contributed by atoms with E-state index >= 15 is 0 Å². The molecule has 0 bridgehead atoms. The number of nitrogens with two attached hydrogens (primary N) is 1. The summed E-state index contributed by atoms with van der Waals surface area (Å²) >= 11 is 0. The van der Waals surface area contributed by atoms with Crippen LogP contribution in [0, 0.1) is 13.8 Å². The van der Waals surface area contributed by atoms with Gasteiger partial charge in [0.1, 0.15) is 0 Å². The first-order chi connectivity index (χ1) is 8.63. The summed E-state index contributed by atoms with van der Waals surface area (Å²) in [5.74, 6) is 0.688. The van der Waals surface area contributed by atoms with Gasteiger partial charge < -0.3 is 10.6 Å². The largest absolute Gasteiger partial charge is 0.399 e. The first-order valence-corrected chi connectivity index (χ1v) is 5.93. The lowest BCUT2D eigenvalue weighted by atomic mass is 10.1. The number of benzene rings is 1. The summed E-state index contributed by atoms with van der Waals surface area (Å²) in [6, 6.07) is 6.02. The number of hydrogen-bond donors (Lipinski definition) is 1. The van der Waals surface area contributed by atoms with Crippen molar-refractivity contribution in [3.8, 4) is 0 Å². The highest BCUT2D eigenvalue weighted by molar-refractivity contribution is 5.50. The Hall–Kier alpha value is -2.17. The molecule has 2 aromatic rings. The molecule has 0 saturated heterocycles. The van der Waals surface area contributed by atoms with E-state index in [2.05, 4.69) is 26.1 Å². The highest BCUT2D eigenvalue weighted by Crippen LogP contribution is 2.27. The number of aromatic nitrogens is 3. The average molecular weight is 241 g/mol. The van der Waals surface area contributed by atoms with Gasteiger partial charge in [-0.2, -0.15) is 5.10 Å². The molecule has 0 aliphatic carbocycles. The molecule has 0 amide bonds. The van der Waals surface area contributed by atoms with Crippen LogP contribution in [0.4, 0.5) is 11.6 Å². The van der Waals surface area contributed by atoms with Crippen LogP contribution in [0.2, 0.25) is 0 Å². The standard InChI is InChI=1S/C13H15N5/c1-8-9(2)16-17-13(15-8)18-6-10-3-4-12(14)5-11(10)7-18/h3-5H,6-7,14H2,1-2H3. The Kier molecular flexibility index (Phi) is 2.40. The lowest BCUT2D eigenvalue weighted by Gasteiger charge is -2.14. The molecule has 1 aromatic heterocycles. The van der Waals surface area contributed by atoms with Crippen LogP contribution in [-0.4, -0.2) is 15.2 Å². The van der Waals surface area contributed by atoms with Gasteiger partial charge in [-0.25, -0.2) is 4.98 Å². The van der Waals surface area contributed by atoms with Crippen molar-refractivity contribution in [2.24, 2.45) is 0 Å². The number of rotatable bonds is 1. The minimum atomic E-state index is 0.688. The van der Waals surface area contributed by atoms with Crippen LogP contribution in [0.25, 0.3) is 0 Å². The minimum Gasteiger partial charge on any atom is -0.399 e. The van der Waals surface area contributed by atoms with Gasteiger partial charge in [-0.05, 0) is 37.1 Å². The minimum absolute atomic E-state index is 0.688. The Morgan fingerprint density at radius 2 is 1.83 bits per heavy atom. The molecular weight excluding hydrogens is 226 g/mol. The molecule has 2 N–H and O–H groups in total. The highest BCUT2D eigenvalue weighted by atomic mass is 15.3. The molecule has 5 nitrogen and oxygen atoms in total. The molecule has 1 aliphatic heterocycles. The Morgan fingerprint density at radius 1 is 1.06 bits per heavy atom. The zero-order valence-electron chi connectivity index (χ0n) is 10.5. The Labute approximate surface area is 106 Å². The zero-order valence-corrected chi connectivity index (χ0v) is 10.5. The fourth-order valence-electron chi connectivity index (χ4n) is 2.14. The smallest absolute Gasteiger partial charge is 0.246 e. The molecule has 0 spiro atoms. The fourth-order valence-corrected chi connectivity index (χ4v) is 2.14. The molecule has 0 atom stereocenters. The second-order valence-electron chi connectivity index (χ2n) is 4.67. The maximum atomic E-state index is 5.80. The summed E-state index contributed by atoms with van der Waals surface area (Å²) in [7, 11) is 0. The van der Waals surface area contributed by atoms with E-state index in [9.17, 15) is 0 Å². The third-order valence-corrected chi connectivity index (χ3v) is 3.32. The van der Waals surface area contributed by atoms with Crippen molar-refractivity contribution in [3.05, 3.63) is 40.7 Å². The van der Waals surface area contributed by atoms with Gasteiger partial charge in [-0.3, -0.25) is 0 Å². The average Bonchev–Trinajstić information content (AvgIpc) is 2.75. The van der Waals surface area contributed by atoms with Crippen molar-refractivity contribution in [1.29, 1.82) is 0 Å². The van der Waals surface area contributed by atoms with E-state index < -0.39 is 0 Å². The van der Waals surface area contributed by atoms with Gasteiger partial charge in [0.15, 0.2) is 0 Å². The summed E-state index contributed by atoms with van der Waals surface area (Å²) in [6.07, 6.45) is 0. The van der Waals surface area contributed by atoms with Crippen LogP contribution in [0.5, 0.6) is 0 Å². The van der Waals surface area contributed by atoms with Gasteiger partial charge in [0.2, 0.25) is 5.95 Å². The maximum absolute atomic E-state index is 5.80. The predicted molar refractivity (Wildman–Crippen MR) is 70.0 cm³/mol. The lowest BCUT2D eigenvalue weighted by molar-refractivity contribution is 0.778. The Bertz CT molecular complexity index is 608. The van der Waals surface area contributed by atoms with E-state index in [4.69, 9.17) is 5.73 Å². The second-order valence-corrected chi connectivity index (χ2v) is 4.67. The van der Waals surface area contributed by atoms with E-state index in [1.165, 1.54) is 11.1 Å². The van der Waals surface area contributed by atoms with Crippen molar-refractivity contribution in [3.63, 3.8) is 0 Å². The molecule has 0 saturated carbocycles. The van der Waals surface area contributed by atoms with Crippen molar-refractivity contribution in [2.75, 3.05) is 10.6 Å². The van der Waals surface area contributed by atoms with Crippen LogP contribution >= 0.6 is 0 Å². The quantitative estimate of drug-likeness (QED) is 0.768. The Morgan fingerprint density at radius 3 is 2.61 bits per heavy atom. The molecule has 5 heteroatoms. The number of hydrogen-bond acceptors (Lipinski definition) is 5. The van der Waals surface area contributed by atoms with Gasteiger partial charge in [0.25, 0.3) is 0 Å². The van der Waals surface area contributed by atoms with E-state index in [-0.39, 0.29) is 0 Å². The van der Waals surface area contributed by atoms with Crippen molar-refractivity contribution in [1.82, 2.24) is 15.2 Å². The SMILES string of the molecule is Cc1nnc(N2Cc3ccc(N)cc3C2)nc1C. The first kappa shape index (κ1) is 11.0. The normalized spacial score (nSPS) is 13.8. The second kappa shape index (κ2) is 3.94. The number of nitrogen functional groups attached to an aromatic ring is 1. The third-order valence-electron chi connectivity index (χ3n) is 3.32. The first-order valence-electron chi connectivity index (χ1n) is 5.93. The van der Waals surface area contributed by atoms with Crippen molar-refractivity contribution >= 4 is 11.6 Å². The molecule has 0 fully saturated rings. The molecule has 1 aromatic carbocycles. The van der Waals surface area contributed by atoms with E-state index in [0.717, 1.165) is 30.2 Å². The van der Waals surface area contributed by atoms with Gasteiger partial charge in [-0.1, -0.05) is 6.07 Å². The summed E-state index contributed by atoms with van der Waals surface area (Å²) in [4.78, 5) is 6.60. The van der Waals surface area contributed by atoms with E-state index in [0.29, 0.717) is 5.95 Å². The van der Waals surface area contributed by atoms with Crippen LogP contribution in [0.1, 0.15) is 22.5 Å². The number of aryl methyl sites for hydroxylation is 2. The number of fused-ring (bicyclic) bond motifs is 1. The Balaban J connectivity index is 1.91. The topological polar surface area (TPSA) is 67.9 Å². The fraction of sp³-hybridized carbons (Fsp3) is 0.308. The van der Waals surface area contributed by atoms with Gasteiger partial charge in [0, 0.05) is 18.8 Å². The molecule has 92 valence electrons. The third kappa shape index (κ3) is 1.77. The van der Waals surface area contributed by atoms with Crippen LogP contribution < -0.4 is 10.6 Å². The molecule has 0 unspecified atom stereocenters. The van der Waals surface area contributed by atoms with Crippen molar-refractivity contribution < 1.29 is 0 Å². The van der Waals surface area contributed by atoms with Gasteiger partial charge >= 0.3 is 0 Å². The zero-order chi connectivity index (χ0) is 12.7. The number of nitrogens with zero attached hydrogens (tertiary/aromatic N) is 4. The lowest BCUT2D eigenvalue weighted by Crippen LogP contribution is -2.19. The molecule has 1 aliphatic rings. The van der Waals surface area contributed by atoms with Gasteiger partial charge in [0.05, 0.1) is 11.4 Å². The van der Waals surface area contributed by atoms with Crippen molar-refractivity contribution in [2.45, 2.75) is 26.9 Å².